The predicted molar refractivity (Wildman–Crippen MR) is 97.2 cm³/mol. The Bertz CT molecular complexity index is 1140. The Hall–Kier alpha value is -2.90. The summed E-state index contributed by atoms with van der Waals surface area (Å²) in [5.74, 6) is -0.870. The minimum Gasteiger partial charge on any atom is -0.477 e. The van der Waals surface area contributed by atoms with Gasteiger partial charge < -0.3 is 5.11 Å². The molecule has 1 aromatic carbocycles. The van der Waals surface area contributed by atoms with Crippen LogP contribution in [0.4, 0.5) is 0 Å². The Morgan fingerprint density at radius 2 is 1.92 bits per heavy atom. The van der Waals surface area contributed by atoms with E-state index in [1.165, 1.54) is 16.9 Å². The van der Waals surface area contributed by atoms with Gasteiger partial charge in [-0.2, -0.15) is 10.2 Å². The lowest BCUT2D eigenvalue weighted by Gasteiger charge is -2.04. The highest BCUT2D eigenvalue weighted by Crippen LogP contribution is 2.23. The van der Waals surface area contributed by atoms with Crippen LogP contribution in [0.3, 0.4) is 0 Å². The molecule has 0 bridgehead atoms. The highest BCUT2D eigenvalue weighted by Gasteiger charge is 2.19. The molecule has 1 N–H and O–H groups in total. The number of rotatable bonds is 4. The molecule has 0 amide bonds. The molecule has 9 heteroatoms. The van der Waals surface area contributed by atoms with Crippen LogP contribution in [0.1, 0.15) is 16.2 Å². The van der Waals surface area contributed by atoms with Gasteiger partial charge in [-0.05, 0) is 30.3 Å². The third-order valence-corrected chi connectivity index (χ3v) is 4.41. The highest BCUT2D eigenvalue weighted by molar-refractivity contribution is 6.35. The van der Waals surface area contributed by atoms with E-state index in [1.54, 1.807) is 29.1 Å². The first-order valence-corrected chi connectivity index (χ1v) is 8.33. The molecule has 7 nitrogen and oxygen atoms in total. The smallest absolute Gasteiger partial charge is 0.354 e. The minimum absolute atomic E-state index is 0.0321. The van der Waals surface area contributed by atoms with Gasteiger partial charge in [0.15, 0.2) is 11.5 Å². The summed E-state index contributed by atoms with van der Waals surface area (Å²) >= 11 is 12.3. The third-order valence-electron chi connectivity index (χ3n) is 3.79. The maximum atomic E-state index is 11.6. The summed E-state index contributed by atoms with van der Waals surface area (Å²) in [5, 5.41) is 20.0. The van der Waals surface area contributed by atoms with Gasteiger partial charge in [-0.15, -0.1) is 0 Å². The predicted octanol–water partition coefficient (Wildman–Crippen LogP) is 3.67. The van der Waals surface area contributed by atoms with E-state index < -0.39 is 5.97 Å². The molecule has 4 aromatic rings. The zero-order valence-corrected chi connectivity index (χ0v) is 14.7. The fourth-order valence-corrected chi connectivity index (χ4v) is 3.08. The molecule has 3 aromatic heterocycles. The quantitative estimate of drug-likeness (QED) is 0.577. The average Bonchev–Trinajstić information content (AvgIpc) is 3.20. The first-order valence-electron chi connectivity index (χ1n) is 7.58. The Morgan fingerprint density at radius 3 is 2.65 bits per heavy atom. The molecule has 0 unspecified atom stereocenters. The van der Waals surface area contributed by atoms with E-state index in [4.69, 9.17) is 23.2 Å². The van der Waals surface area contributed by atoms with Gasteiger partial charge in [0.2, 0.25) is 0 Å². The van der Waals surface area contributed by atoms with E-state index in [-0.39, 0.29) is 18.1 Å². The molecule has 4 rings (SSSR count). The van der Waals surface area contributed by atoms with Crippen LogP contribution in [0.15, 0.2) is 48.8 Å². The van der Waals surface area contributed by atoms with Crippen molar-refractivity contribution in [2.75, 3.05) is 0 Å². The lowest BCUT2D eigenvalue weighted by atomic mass is 10.3. The fourth-order valence-electron chi connectivity index (χ4n) is 2.66. The second-order valence-corrected chi connectivity index (χ2v) is 6.36. The summed E-state index contributed by atoms with van der Waals surface area (Å²) in [6.07, 6.45) is 3.32. The molecule has 0 saturated carbocycles. The Kier molecular flexibility index (Phi) is 4.10. The molecule has 3 heterocycles. The summed E-state index contributed by atoms with van der Waals surface area (Å²) in [5.41, 5.74) is 1.23. The summed E-state index contributed by atoms with van der Waals surface area (Å²) in [7, 11) is 0. The molecule has 0 aliphatic rings. The monoisotopic (exact) mass is 387 g/mol. The van der Waals surface area contributed by atoms with Gasteiger partial charge in [0.05, 0.1) is 27.8 Å². The van der Waals surface area contributed by atoms with Crippen molar-refractivity contribution in [1.29, 1.82) is 0 Å². The molecular formula is C17H11Cl2N5O2. The summed E-state index contributed by atoms with van der Waals surface area (Å²) in [6.45, 7) is 0.280. The Balaban J connectivity index is 1.75. The van der Waals surface area contributed by atoms with Gasteiger partial charge in [0.25, 0.3) is 0 Å². The van der Waals surface area contributed by atoms with Crippen LogP contribution >= 0.6 is 23.2 Å². The number of nitrogens with zero attached hydrogens (tertiary/aromatic N) is 5. The van der Waals surface area contributed by atoms with Gasteiger partial charge in [-0.3, -0.25) is 4.68 Å². The number of aromatic nitrogens is 5. The van der Waals surface area contributed by atoms with E-state index in [0.29, 0.717) is 15.7 Å². The van der Waals surface area contributed by atoms with E-state index in [9.17, 15) is 9.90 Å². The molecule has 26 heavy (non-hydrogen) atoms. The van der Waals surface area contributed by atoms with Gasteiger partial charge >= 0.3 is 5.97 Å². The van der Waals surface area contributed by atoms with Crippen LogP contribution in [0.2, 0.25) is 10.0 Å². The number of benzene rings is 1. The van der Waals surface area contributed by atoms with Gasteiger partial charge in [-0.25, -0.2) is 14.5 Å². The normalized spacial score (nSPS) is 11.2. The highest BCUT2D eigenvalue weighted by atomic mass is 35.5. The van der Waals surface area contributed by atoms with Crippen molar-refractivity contribution in [3.05, 3.63) is 70.2 Å². The molecule has 0 radical (unpaired) electrons. The van der Waals surface area contributed by atoms with E-state index >= 15 is 0 Å². The maximum Gasteiger partial charge on any atom is 0.354 e. The van der Waals surface area contributed by atoms with Crippen molar-refractivity contribution in [2.45, 2.75) is 6.54 Å². The molecule has 0 fully saturated rings. The van der Waals surface area contributed by atoms with E-state index in [2.05, 4.69) is 15.2 Å². The topological polar surface area (TPSA) is 85.8 Å². The average molecular weight is 388 g/mol. The Labute approximate surface area is 157 Å². The number of carbonyl (C=O) groups is 1. The van der Waals surface area contributed by atoms with Gasteiger partial charge in [-0.1, -0.05) is 29.3 Å². The number of carboxylic acid groups (broad SMARTS) is 1. The fraction of sp³-hybridized carbons (Fsp3) is 0.0588. The maximum absolute atomic E-state index is 11.6. The summed E-state index contributed by atoms with van der Waals surface area (Å²) in [4.78, 5) is 15.7. The molecule has 0 spiro atoms. The molecule has 0 atom stereocenters. The van der Waals surface area contributed by atoms with E-state index in [1.807, 2.05) is 12.1 Å². The summed E-state index contributed by atoms with van der Waals surface area (Å²) in [6, 6.07) is 10.2. The zero-order chi connectivity index (χ0) is 18.3. The zero-order valence-electron chi connectivity index (χ0n) is 13.2. The van der Waals surface area contributed by atoms with Crippen molar-refractivity contribution in [3.8, 4) is 5.82 Å². The number of carboxylic acids is 1. The number of aromatic carboxylic acids is 1. The standard InChI is InChI=1S/C17H11Cl2N5O2/c18-12-3-1-5-14-11(12)9-23(22-14)8-10-7-15(17(25)26)24(21-10)16-13(19)4-2-6-20-16/h1-7,9H,8H2,(H,25,26). The molecule has 130 valence electrons. The number of halogens is 2. The second kappa shape index (κ2) is 6.44. The lowest BCUT2D eigenvalue weighted by molar-refractivity contribution is 0.0687. The number of pyridine rings is 1. The van der Waals surface area contributed by atoms with Crippen LogP contribution in [-0.4, -0.2) is 35.6 Å². The van der Waals surface area contributed by atoms with Crippen molar-refractivity contribution >= 4 is 40.1 Å². The minimum atomic E-state index is -1.13. The van der Waals surface area contributed by atoms with Crippen molar-refractivity contribution in [3.63, 3.8) is 0 Å². The number of fused-ring (bicyclic) bond motifs is 1. The summed E-state index contributed by atoms with van der Waals surface area (Å²) < 4.78 is 2.88. The van der Waals surface area contributed by atoms with Crippen LogP contribution in [0.5, 0.6) is 0 Å². The van der Waals surface area contributed by atoms with E-state index in [0.717, 1.165) is 10.9 Å². The SMILES string of the molecule is O=C(O)c1cc(Cn2cc3c(Cl)cccc3n2)nn1-c1ncccc1Cl. The van der Waals surface area contributed by atoms with Crippen LogP contribution in [0.25, 0.3) is 16.7 Å². The first-order chi connectivity index (χ1) is 12.5. The van der Waals surface area contributed by atoms with Crippen molar-refractivity contribution in [2.24, 2.45) is 0 Å². The molecule has 0 aliphatic carbocycles. The van der Waals surface area contributed by atoms with Crippen LogP contribution < -0.4 is 0 Å². The van der Waals surface area contributed by atoms with Gasteiger partial charge in [0, 0.05) is 17.8 Å². The second-order valence-electron chi connectivity index (χ2n) is 5.55. The number of hydrogen-bond acceptors (Lipinski definition) is 4. The molecule has 0 aliphatic heterocycles. The lowest BCUT2D eigenvalue weighted by Crippen LogP contribution is -2.10. The van der Waals surface area contributed by atoms with Crippen molar-refractivity contribution in [1.82, 2.24) is 24.5 Å². The van der Waals surface area contributed by atoms with Crippen molar-refractivity contribution < 1.29 is 9.90 Å². The first kappa shape index (κ1) is 16.6. The van der Waals surface area contributed by atoms with Gasteiger partial charge in [0.1, 0.15) is 0 Å². The van der Waals surface area contributed by atoms with Crippen LogP contribution in [0, 0.1) is 0 Å². The van der Waals surface area contributed by atoms with Crippen LogP contribution in [-0.2, 0) is 6.54 Å². The largest absolute Gasteiger partial charge is 0.477 e. The molecule has 0 saturated heterocycles. The third kappa shape index (κ3) is 2.91. The number of hydrogen-bond donors (Lipinski definition) is 1. The molecular weight excluding hydrogens is 377 g/mol. The Morgan fingerprint density at radius 1 is 1.12 bits per heavy atom.